The molecule has 0 spiro atoms. The molecule has 0 aliphatic heterocycles. The Labute approximate surface area is 116 Å². The lowest BCUT2D eigenvalue weighted by Crippen LogP contribution is -2.40. The predicted molar refractivity (Wildman–Crippen MR) is 80.8 cm³/mol. The summed E-state index contributed by atoms with van der Waals surface area (Å²) in [6, 6.07) is 6.54. The smallest absolute Gasteiger partial charge is 0.191 e. The van der Waals surface area contributed by atoms with E-state index in [1.807, 2.05) is 12.1 Å². The van der Waals surface area contributed by atoms with E-state index in [0.717, 1.165) is 23.8 Å². The molecule has 0 aliphatic carbocycles. The molecule has 1 rings (SSSR count). The Morgan fingerprint density at radius 2 is 2.05 bits per heavy atom. The van der Waals surface area contributed by atoms with Gasteiger partial charge in [-0.3, -0.25) is 0 Å². The Hall–Kier alpha value is -1.71. The van der Waals surface area contributed by atoms with E-state index in [0.29, 0.717) is 12.6 Å². The maximum atomic E-state index is 5.27. The van der Waals surface area contributed by atoms with Crippen molar-refractivity contribution in [2.45, 2.75) is 40.3 Å². The van der Waals surface area contributed by atoms with Gasteiger partial charge in [0, 0.05) is 12.6 Å². The molecule has 0 fully saturated rings. The van der Waals surface area contributed by atoms with Crippen LogP contribution in [0.3, 0.4) is 0 Å². The predicted octanol–water partition coefficient (Wildman–Crippen LogP) is 2.47. The third-order valence-electron chi connectivity index (χ3n) is 2.54. The average molecular weight is 263 g/mol. The van der Waals surface area contributed by atoms with E-state index in [1.54, 1.807) is 7.11 Å². The van der Waals surface area contributed by atoms with Crippen molar-refractivity contribution in [3.63, 3.8) is 0 Å². The van der Waals surface area contributed by atoms with Crippen LogP contribution in [0.2, 0.25) is 0 Å². The van der Waals surface area contributed by atoms with Gasteiger partial charge in [-0.2, -0.15) is 0 Å². The van der Waals surface area contributed by atoms with Crippen LogP contribution in [0.25, 0.3) is 0 Å². The number of nitrogens with one attached hydrogen (secondary N) is 2. The Morgan fingerprint density at radius 3 is 2.63 bits per heavy atom. The molecule has 1 aromatic carbocycles. The second kappa shape index (κ2) is 7.67. The first-order valence-electron chi connectivity index (χ1n) is 6.74. The van der Waals surface area contributed by atoms with Crippen molar-refractivity contribution < 1.29 is 4.74 Å². The topological polar surface area (TPSA) is 45.7 Å². The lowest BCUT2D eigenvalue weighted by atomic mass is 10.1. The van der Waals surface area contributed by atoms with Gasteiger partial charge in [0.2, 0.25) is 0 Å². The molecule has 4 heteroatoms. The molecule has 0 saturated carbocycles. The first kappa shape index (κ1) is 15.3. The summed E-state index contributed by atoms with van der Waals surface area (Å²) in [4.78, 5) is 4.58. The highest BCUT2D eigenvalue weighted by Gasteiger charge is 2.01. The van der Waals surface area contributed by atoms with Crippen molar-refractivity contribution in [1.29, 1.82) is 0 Å². The van der Waals surface area contributed by atoms with E-state index in [4.69, 9.17) is 4.74 Å². The molecule has 0 bridgehead atoms. The number of aliphatic imine (C=N–C) groups is 1. The Balaban J connectivity index is 2.78. The van der Waals surface area contributed by atoms with E-state index in [-0.39, 0.29) is 0 Å². The van der Waals surface area contributed by atoms with Gasteiger partial charge in [-0.25, -0.2) is 4.99 Å². The van der Waals surface area contributed by atoms with E-state index >= 15 is 0 Å². The number of methoxy groups -OCH3 is 1. The zero-order valence-corrected chi connectivity index (χ0v) is 12.6. The van der Waals surface area contributed by atoms with Gasteiger partial charge in [-0.05, 0) is 51.0 Å². The van der Waals surface area contributed by atoms with Gasteiger partial charge in [-0.1, -0.05) is 6.07 Å². The second-order valence-electron chi connectivity index (χ2n) is 4.85. The van der Waals surface area contributed by atoms with Crippen molar-refractivity contribution in [1.82, 2.24) is 10.6 Å². The van der Waals surface area contributed by atoms with Gasteiger partial charge >= 0.3 is 0 Å². The number of guanidine groups is 1. The van der Waals surface area contributed by atoms with Crippen molar-refractivity contribution in [3.05, 3.63) is 29.3 Å². The minimum Gasteiger partial charge on any atom is -0.497 e. The number of aryl methyl sites for hydroxylation is 1. The van der Waals surface area contributed by atoms with Crippen LogP contribution < -0.4 is 15.4 Å². The molecule has 0 aromatic heterocycles. The van der Waals surface area contributed by atoms with Crippen LogP contribution in [0.4, 0.5) is 0 Å². The number of nitrogens with zero attached hydrogens (tertiary/aromatic N) is 1. The normalized spacial score (nSPS) is 11.6. The fourth-order valence-corrected chi connectivity index (χ4v) is 1.80. The van der Waals surface area contributed by atoms with Gasteiger partial charge in [0.1, 0.15) is 5.75 Å². The quantitative estimate of drug-likeness (QED) is 0.633. The zero-order valence-electron chi connectivity index (χ0n) is 12.6. The molecule has 0 unspecified atom stereocenters. The number of benzene rings is 1. The summed E-state index contributed by atoms with van der Waals surface area (Å²) < 4.78 is 5.27. The van der Waals surface area contributed by atoms with Gasteiger partial charge in [0.15, 0.2) is 5.96 Å². The molecule has 19 heavy (non-hydrogen) atoms. The molecule has 1 aromatic rings. The largest absolute Gasteiger partial charge is 0.497 e. The molecule has 0 heterocycles. The van der Waals surface area contributed by atoms with E-state index in [2.05, 4.69) is 49.4 Å². The molecule has 2 N–H and O–H groups in total. The summed E-state index contributed by atoms with van der Waals surface area (Å²) in [6.45, 7) is 9.82. The van der Waals surface area contributed by atoms with Crippen molar-refractivity contribution in [2.75, 3.05) is 13.7 Å². The number of rotatable bonds is 5. The van der Waals surface area contributed by atoms with Crippen LogP contribution in [0.1, 0.15) is 31.9 Å². The average Bonchev–Trinajstić information content (AvgIpc) is 2.35. The van der Waals surface area contributed by atoms with Crippen LogP contribution in [-0.2, 0) is 6.54 Å². The molecule has 0 saturated heterocycles. The summed E-state index contributed by atoms with van der Waals surface area (Å²) in [7, 11) is 1.69. The number of hydrogen-bond donors (Lipinski definition) is 2. The van der Waals surface area contributed by atoms with E-state index in [9.17, 15) is 0 Å². The first-order valence-corrected chi connectivity index (χ1v) is 6.74. The van der Waals surface area contributed by atoms with Crippen molar-refractivity contribution in [3.8, 4) is 5.75 Å². The van der Waals surface area contributed by atoms with Gasteiger partial charge in [0.25, 0.3) is 0 Å². The highest BCUT2D eigenvalue weighted by atomic mass is 16.5. The molecule has 0 amide bonds. The van der Waals surface area contributed by atoms with Crippen LogP contribution in [-0.4, -0.2) is 25.7 Å². The minimum atomic E-state index is 0.366. The molecule has 0 radical (unpaired) electrons. The Kier molecular flexibility index (Phi) is 6.19. The maximum absolute atomic E-state index is 5.27. The van der Waals surface area contributed by atoms with Crippen molar-refractivity contribution in [2.24, 2.45) is 4.99 Å². The fraction of sp³-hybridized carbons (Fsp3) is 0.533. The molecule has 0 atom stereocenters. The molecule has 4 nitrogen and oxygen atoms in total. The second-order valence-corrected chi connectivity index (χ2v) is 4.85. The SMILES string of the molecule is CCNC(=NCc1cc(C)cc(OC)c1)NC(C)C. The molecule has 106 valence electrons. The number of hydrogen-bond acceptors (Lipinski definition) is 2. The monoisotopic (exact) mass is 263 g/mol. The summed E-state index contributed by atoms with van der Waals surface area (Å²) in [5, 5.41) is 6.54. The van der Waals surface area contributed by atoms with E-state index < -0.39 is 0 Å². The summed E-state index contributed by atoms with van der Waals surface area (Å²) in [5.41, 5.74) is 2.34. The third-order valence-corrected chi connectivity index (χ3v) is 2.54. The maximum Gasteiger partial charge on any atom is 0.191 e. The van der Waals surface area contributed by atoms with Crippen LogP contribution in [0.15, 0.2) is 23.2 Å². The molecular weight excluding hydrogens is 238 g/mol. The standard InChI is InChI=1S/C15H25N3O/c1-6-16-15(18-11(2)3)17-10-13-7-12(4)8-14(9-13)19-5/h7-9,11H,6,10H2,1-5H3,(H2,16,17,18). The van der Waals surface area contributed by atoms with Gasteiger partial charge in [0.05, 0.1) is 13.7 Å². The number of ether oxygens (including phenoxy) is 1. The highest BCUT2D eigenvalue weighted by molar-refractivity contribution is 5.79. The van der Waals surface area contributed by atoms with Crippen LogP contribution >= 0.6 is 0 Å². The Bertz CT molecular complexity index is 427. The Morgan fingerprint density at radius 1 is 1.32 bits per heavy atom. The summed E-state index contributed by atoms with van der Waals surface area (Å²) >= 11 is 0. The zero-order chi connectivity index (χ0) is 14.3. The van der Waals surface area contributed by atoms with Crippen molar-refractivity contribution >= 4 is 5.96 Å². The van der Waals surface area contributed by atoms with Crippen LogP contribution in [0.5, 0.6) is 5.75 Å². The van der Waals surface area contributed by atoms with Gasteiger partial charge < -0.3 is 15.4 Å². The molecular formula is C15H25N3O. The summed E-state index contributed by atoms with van der Waals surface area (Å²) in [6.07, 6.45) is 0. The first-order chi connectivity index (χ1) is 9.05. The van der Waals surface area contributed by atoms with Gasteiger partial charge in [-0.15, -0.1) is 0 Å². The third kappa shape index (κ3) is 5.64. The summed E-state index contributed by atoms with van der Waals surface area (Å²) in [5.74, 6) is 1.73. The minimum absolute atomic E-state index is 0.366. The lowest BCUT2D eigenvalue weighted by molar-refractivity contribution is 0.414. The fourth-order valence-electron chi connectivity index (χ4n) is 1.80. The van der Waals surface area contributed by atoms with E-state index in [1.165, 1.54) is 5.56 Å². The van der Waals surface area contributed by atoms with Crippen LogP contribution in [0, 0.1) is 6.92 Å². The highest BCUT2D eigenvalue weighted by Crippen LogP contribution is 2.16. The lowest BCUT2D eigenvalue weighted by Gasteiger charge is -2.14. The molecule has 0 aliphatic rings.